The summed E-state index contributed by atoms with van der Waals surface area (Å²) in [5.74, 6) is -0.310. The molecule has 0 aliphatic rings. The van der Waals surface area contributed by atoms with Crippen molar-refractivity contribution in [3.8, 4) is 0 Å². The normalized spacial score (nSPS) is 9.64. The molecule has 0 aromatic heterocycles. The lowest BCUT2D eigenvalue weighted by Crippen LogP contribution is -2.06. The molecule has 0 saturated heterocycles. The highest BCUT2D eigenvalue weighted by Crippen LogP contribution is 2.22. The number of hydrogen-bond donors (Lipinski definition) is 0. The molecule has 1 aromatic carbocycles. The lowest BCUT2D eigenvalue weighted by Gasteiger charge is -2.08. The maximum Gasteiger partial charge on any atom is 0.338 e. The number of benzene rings is 1. The van der Waals surface area contributed by atoms with Crippen LogP contribution in [0.2, 0.25) is 0 Å². The summed E-state index contributed by atoms with van der Waals surface area (Å²) in [6, 6.07) is 3.62. The van der Waals surface area contributed by atoms with Crippen LogP contribution in [0.4, 0.5) is 5.69 Å². The molecule has 0 fully saturated rings. The maximum absolute atomic E-state index is 11.4. The van der Waals surface area contributed by atoms with E-state index in [0.29, 0.717) is 5.56 Å². The Bertz CT molecular complexity index is 360. The summed E-state index contributed by atoms with van der Waals surface area (Å²) in [5.41, 5.74) is 3.10. The summed E-state index contributed by atoms with van der Waals surface area (Å²) >= 11 is 0. The fourth-order valence-electron chi connectivity index (χ4n) is 1.46. The first-order chi connectivity index (χ1) is 6.60. The van der Waals surface area contributed by atoms with E-state index in [9.17, 15) is 4.79 Å². The first-order valence-electron chi connectivity index (χ1n) is 4.26. The Hall–Kier alpha value is -1.64. The van der Waals surface area contributed by atoms with E-state index in [1.54, 1.807) is 0 Å². The molecule has 0 heterocycles. The molecule has 0 unspecified atom stereocenters. The summed E-state index contributed by atoms with van der Waals surface area (Å²) in [5, 5.41) is 0. The van der Waals surface area contributed by atoms with Crippen molar-refractivity contribution in [1.29, 1.82) is 0 Å². The van der Waals surface area contributed by atoms with Crippen LogP contribution in [-0.4, -0.2) is 19.8 Å². The van der Waals surface area contributed by atoms with E-state index >= 15 is 0 Å². The number of rotatable bonds is 2. The van der Waals surface area contributed by atoms with Gasteiger partial charge < -0.3 is 4.74 Å². The Morgan fingerprint density at radius 2 is 1.86 bits per heavy atom. The minimum atomic E-state index is -0.310. The fraction of sp³-hybridized carbons (Fsp3) is 0.273. The molecule has 74 valence electrons. The topological polar surface area (TPSA) is 38.7 Å². The van der Waals surface area contributed by atoms with Gasteiger partial charge in [-0.2, -0.15) is 0 Å². The van der Waals surface area contributed by atoms with Crippen LogP contribution in [0.1, 0.15) is 21.5 Å². The number of aryl methyl sites for hydroxylation is 2. The molecule has 14 heavy (non-hydrogen) atoms. The fourth-order valence-corrected chi connectivity index (χ4v) is 1.46. The summed E-state index contributed by atoms with van der Waals surface area (Å²) in [4.78, 5) is 15.2. The van der Waals surface area contributed by atoms with Crippen molar-refractivity contribution in [2.45, 2.75) is 13.8 Å². The molecule has 0 N–H and O–H groups in total. The van der Waals surface area contributed by atoms with E-state index in [1.165, 1.54) is 7.11 Å². The second-order valence-electron chi connectivity index (χ2n) is 3.10. The van der Waals surface area contributed by atoms with Crippen molar-refractivity contribution in [1.82, 2.24) is 0 Å². The zero-order valence-corrected chi connectivity index (χ0v) is 8.63. The third-order valence-electron chi connectivity index (χ3n) is 2.09. The van der Waals surface area contributed by atoms with Gasteiger partial charge >= 0.3 is 5.97 Å². The summed E-state index contributed by atoms with van der Waals surface area (Å²) in [6.45, 7) is 7.15. The predicted octanol–water partition coefficient (Wildman–Crippen LogP) is 2.42. The standard InChI is InChI=1S/C11H13NO2/c1-7-5-9(12-3)6-8(2)10(7)11(13)14-4/h5-6H,3H2,1-2,4H3. The van der Waals surface area contributed by atoms with Crippen LogP contribution in [-0.2, 0) is 4.74 Å². The molecule has 3 heteroatoms. The molecule has 0 saturated carbocycles. The van der Waals surface area contributed by atoms with Crippen LogP contribution in [0.15, 0.2) is 17.1 Å². The third-order valence-corrected chi connectivity index (χ3v) is 2.09. The van der Waals surface area contributed by atoms with E-state index in [1.807, 2.05) is 26.0 Å². The van der Waals surface area contributed by atoms with Gasteiger partial charge in [-0.1, -0.05) is 0 Å². The average Bonchev–Trinajstić information content (AvgIpc) is 2.16. The van der Waals surface area contributed by atoms with E-state index in [-0.39, 0.29) is 5.97 Å². The predicted molar refractivity (Wildman–Crippen MR) is 56.5 cm³/mol. The van der Waals surface area contributed by atoms with Gasteiger partial charge in [0.25, 0.3) is 0 Å². The molecule has 1 rings (SSSR count). The molecule has 0 spiro atoms. The Balaban J connectivity index is 3.31. The highest BCUT2D eigenvalue weighted by molar-refractivity contribution is 5.93. The highest BCUT2D eigenvalue weighted by Gasteiger charge is 2.12. The van der Waals surface area contributed by atoms with Crippen molar-refractivity contribution < 1.29 is 9.53 Å². The van der Waals surface area contributed by atoms with Gasteiger partial charge in [0.1, 0.15) is 0 Å². The zero-order valence-electron chi connectivity index (χ0n) is 8.63. The summed E-state index contributed by atoms with van der Waals surface area (Å²) in [7, 11) is 1.38. The van der Waals surface area contributed by atoms with Gasteiger partial charge in [-0.25, -0.2) is 4.79 Å². The van der Waals surface area contributed by atoms with Crippen molar-refractivity contribution in [2.75, 3.05) is 7.11 Å². The number of esters is 1. The van der Waals surface area contributed by atoms with Crippen LogP contribution in [0, 0.1) is 13.8 Å². The Morgan fingerprint density at radius 3 is 2.21 bits per heavy atom. The molecular weight excluding hydrogens is 178 g/mol. The van der Waals surface area contributed by atoms with E-state index in [4.69, 9.17) is 0 Å². The number of methoxy groups -OCH3 is 1. The van der Waals surface area contributed by atoms with Crippen molar-refractivity contribution in [3.63, 3.8) is 0 Å². The van der Waals surface area contributed by atoms with Crippen LogP contribution in [0.3, 0.4) is 0 Å². The number of carbonyl (C=O) groups is 1. The van der Waals surface area contributed by atoms with Gasteiger partial charge in [0.15, 0.2) is 0 Å². The zero-order chi connectivity index (χ0) is 10.7. The maximum atomic E-state index is 11.4. The van der Waals surface area contributed by atoms with Crippen LogP contribution in [0.25, 0.3) is 0 Å². The number of ether oxygens (including phenoxy) is 1. The SMILES string of the molecule is C=Nc1cc(C)c(C(=O)OC)c(C)c1. The number of hydrogen-bond acceptors (Lipinski definition) is 3. The molecule has 0 atom stereocenters. The second-order valence-corrected chi connectivity index (χ2v) is 3.10. The van der Waals surface area contributed by atoms with Gasteiger partial charge in [-0.15, -0.1) is 0 Å². The van der Waals surface area contributed by atoms with E-state index < -0.39 is 0 Å². The van der Waals surface area contributed by atoms with Crippen molar-refractivity contribution in [3.05, 3.63) is 28.8 Å². The monoisotopic (exact) mass is 191 g/mol. The quantitative estimate of drug-likeness (QED) is 0.532. The Labute approximate surface area is 83.4 Å². The molecular formula is C11H13NO2. The first kappa shape index (κ1) is 10.4. The van der Waals surface area contributed by atoms with Gasteiger partial charge in [0.05, 0.1) is 18.4 Å². The van der Waals surface area contributed by atoms with Crippen LogP contribution in [0.5, 0.6) is 0 Å². The largest absolute Gasteiger partial charge is 0.465 e. The molecule has 0 aliphatic heterocycles. The molecule has 0 bridgehead atoms. The van der Waals surface area contributed by atoms with E-state index in [0.717, 1.165) is 16.8 Å². The van der Waals surface area contributed by atoms with Gasteiger partial charge in [0.2, 0.25) is 0 Å². The molecule has 0 amide bonds. The first-order valence-corrected chi connectivity index (χ1v) is 4.26. The van der Waals surface area contributed by atoms with Gasteiger partial charge in [-0.3, -0.25) is 4.99 Å². The lowest BCUT2D eigenvalue weighted by atomic mass is 10.0. The number of carbonyl (C=O) groups excluding carboxylic acids is 1. The summed E-state index contributed by atoms with van der Waals surface area (Å²) in [6.07, 6.45) is 0. The number of aliphatic imine (C=N–C) groups is 1. The highest BCUT2D eigenvalue weighted by atomic mass is 16.5. The summed E-state index contributed by atoms with van der Waals surface area (Å²) < 4.78 is 4.69. The van der Waals surface area contributed by atoms with E-state index in [2.05, 4.69) is 16.4 Å². The smallest absolute Gasteiger partial charge is 0.338 e. The van der Waals surface area contributed by atoms with Gasteiger partial charge in [-0.05, 0) is 43.8 Å². The third kappa shape index (κ3) is 1.82. The Morgan fingerprint density at radius 1 is 1.36 bits per heavy atom. The molecule has 1 aromatic rings. The minimum absolute atomic E-state index is 0.310. The lowest BCUT2D eigenvalue weighted by molar-refractivity contribution is 0.0599. The van der Waals surface area contributed by atoms with Crippen LogP contribution >= 0.6 is 0 Å². The van der Waals surface area contributed by atoms with Gasteiger partial charge in [0, 0.05) is 0 Å². The van der Waals surface area contributed by atoms with Crippen molar-refractivity contribution >= 4 is 18.4 Å². The molecule has 0 aliphatic carbocycles. The molecule has 0 radical (unpaired) electrons. The Kier molecular flexibility index (Phi) is 3.02. The molecule has 3 nitrogen and oxygen atoms in total. The minimum Gasteiger partial charge on any atom is -0.465 e. The second kappa shape index (κ2) is 4.05. The van der Waals surface area contributed by atoms with Crippen LogP contribution < -0.4 is 0 Å². The average molecular weight is 191 g/mol. The van der Waals surface area contributed by atoms with Crippen molar-refractivity contribution in [2.24, 2.45) is 4.99 Å². The number of nitrogens with zero attached hydrogens (tertiary/aromatic N) is 1.